The zero-order valence-corrected chi connectivity index (χ0v) is 14.8. The van der Waals surface area contributed by atoms with Gasteiger partial charge >= 0.3 is 0 Å². The minimum atomic E-state index is 0.251. The summed E-state index contributed by atoms with van der Waals surface area (Å²) < 4.78 is 11.2. The maximum absolute atomic E-state index is 5.53. The molecule has 0 aliphatic carbocycles. The van der Waals surface area contributed by atoms with Gasteiger partial charge in [-0.2, -0.15) is 11.8 Å². The van der Waals surface area contributed by atoms with Crippen LogP contribution >= 0.6 is 11.8 Å². The number of hydrogen-bond donors (Lipinski definition) is 1. The molecule has 1 saturated heterocycles. The third kappa shape index (κ3) is 3.40. The number of ether oxygens (including phenoxy) is 2. The molecule has 1 aliphatic heterocycles. The molecule has 5 heteroatoms. The summed E-state index contributed by atoms with van der Waals surface area (Å²) in [6.07, 6.45) is 4.38. The van der Waals surface area contributed by atoms with Crippen molar-refractivity contribution in [2.75, 3.05) is 38.4 Å². The van der Waals surface area contributed by atoms with Crippen LogP contribution in [-0.2, 0) is 4.74 Å². The lowest BCUT2D eigenvalue weighted by molar-refractivity contribution is 0.0802. The van der Waals surface area contributed by atoms with E-state index >= 15 is 0 Å². The Kier molecular flexibility index (Phi) is 4.97. The SMILES string of the molecule is COc1cccc2c(NCC3(SC)CCOCC3)cc(C)nc12. The van der Waals surface area contributed by atoms with E-state index in [2.05, 4.69) is 28.7 Å². The maximum Gasteiger partial charge on any atom is 0.145 e. The molecule has 3 rings (SSSR count). The number of pyridine rings is 1. The van der Waals surface area contributed by atoms with Gasteiger partial charge in [-0.3, -0.25) is 0 Å². The van der Waals surface area contributed by atoms with Crippen LogP contribution in [0, 0.1) is 6.92 Å². The van der Waals surface area contributed by atoms with E-state index in [4.69, 9.17) is 9.47 Å². The van der Waals surface area contributed by atoms with Crippen molar-refractivity contribution in [3.63, 3.8) is 0 Å². The molecule has 0 saturated carbocycles. The minimum absolute atomic E-state index is 0.251. The molecule has 0 unspecified atom stereocenters. The van der Waals surface area contributed by atoms with Gasteiger partial charge in [0.15, 0.2) is 0 Å². The molecule has 1 aromatic heterocycles. The minimum Gasteiger partial charge on any atom is -0.494 e. The fraction of sp³-hybridized carbons (Fsp3) is 0.500. The Morgan fingerprint density at radius 2 is 2.13 bits per heavy atom. The zero-order valence-electron chi connectivity index (χ0n) is 14.0. The number of aryl methyl sites for hydroxylation is 1. The summed E-state index contributed by atoms with van der Waals surface area (Å²) in [6, 6.07) is 8.19. The summed E-state index contributed by atoms with van der Waals surface area (Å²) in [7, 11) is 1.69. The largest absolute Gasteiger partial charge is 0.494 e. The number of anilines is 1. The molecule has 0 amide bonds. The van der Waals surface area contributed by atoms with Crippen LogP contribution < -0.4 is 10.1 Å². The predicted octanol–water partition coefficient (Wildman–Crippen LogP) is 3.88. The fourth-order valence-electron chi connectivity index (χ4n) is 3.11. The number of rotatable bonds is 5. The van der Waals surface area contributed by atoms with Gasteiger partial charge in [0.2, 0.25) is 0 Å². The quantitative estimate of drug-likeness (QED) is 0.900. The lowest BCUT2D eigenvalue weighted by Crippen LogP contribution is -2.39. The summed E-state index contributed by atoms with van der Waals surface area (Å²) in [5.41, 5.74) is 3.05. The van der Waals surface area contributed by atoms with Crippen molar-refractivity contribution in [2.45, 2.75) is 24.5 Å². The van der Waals surface area contributed by atoms with Crippen LogP contribution in [0.15, 0.2) is 24.3 Å². The molecule has 124 valence electrons. The Balaban J connectivity index is 1.90. The first-order valence-electron chi connectivity index (χ1n) is 7.98. The highest BCUT2D eigenvalue weighted by Crippen LogP contribution is 2.35. The van der Waals surface area contributed by atoms with Crippen LogP contribution in [0.3, 0.4) is 0 Å². The molecule has 2 aromatic rings. The summed E-state index contributed by atoms with van der Waals surface area (Å²) in [5, 5.41) is 4.78. The third-order valence-electron chi connectivity index (χ3n) is 4.59. The summed E-state index contributed by atoms with van der Waals surface area (Å²) >= 11 is 1.95. The van der Waals surface area contributed by atoms with E-state index in [1.807, 2.05) is 30.8 Å². The van der Waals surface area contributed by atoms with Crippen molar-refractivity contribution in [1.29, 1.82) is 0 Å². The predicted molar refractivity (Wildman–Crippen MR) is 97.8 cm³/mol. The monoisotopic (exact) mass is 332 g/mol. The zero-order chi connectivity index (χ0) is 16.3. The highest BCUT2D eigenvalue weighted by Gasteiger charge is 2.31. The molecule has 1 N–H and O–H groups in total. The van der Waals surface area contributed by atoms with E-state index in [1.165, 1.54) is 0 Å². The van der Waals surface area contributed by atoms with Crippen LogP contribution in [0.5, 0.6) is 5.75 Å². The molecule has 2 heterocycles. The van der Waals surface area contributed by atoms with Crippen LogP contribution in [0.2, 0.25) is 0 Å². The first kappa shape index (κ1) is 16.4. The molecule has 1 aliphatic rings. The fourth-order valence-corrected chi connectivity index (χ4v) is 3.91. The average molecular weight is 332 g/mol. The molecule has 1 fully saturated rings. The van der Waals surface area contributed by atoms with Gasteiger partial charge in [-0.05, 0) is 38.2 Å². The lowest BCUT2D eigenvalue weighted by atomic mass is 9.98. The first-order valence-corrected chi connectivity index (χ1v) is 9.21. The molecular formula is C18H24N2O2S. The average Bonchev–Trinajstić information content (AvgIpc) is 2.60. The van der Waals surface area contributed by atoms with Gasteiger partial charge < -0.3 is 14.8 Å². The number of nitrogens with one attached hydrogen (secondary N) is 1. The molecule has 4 nitrogen and oxygen atoms in total. The van der Waals surface area contributed by atoms with Crippen LogP contribution in [0.25, 0.3) is 10.9 Å². The van der Waals surface area contributed by atoms with Crippen LogP contribution in [0.4, 0.5) is 5.69 Å². The van der Waals surface area contributed by atoms with Crippen LogP contribution in [0.1, 0.15) is 18.5 Å². The summed E-state index contributed by atoms with van der Waals surface area (Å²) in [4.78, 5) is 4.65. The second-order valence-electron chi connectivity index (χ2n) is 6.02. The van der Waals surface area contributed by atoms with E-state index in [0.717, 1.165) is 60.6 Å². The van der Waals surface area contributed by atoms with Crippen molar-refractivity contribution < 1.29 is 9.47 Å². The Morgan fingerprint density at radius 1 is 1.35 bits per heavy atom. The van der Waals surface area contributed by atoms with E-state index in [9.17, 15) is 0 Å². The van der Waals surface area contributed by atoms with Crippen molar-refractivity contribution in [1.82, 2.24) is 4.98 Å². The van der Waals surface area contributed by atoms with E-state index in [-0.39, 0.29) is 4.75 Å². The second kappa shape index (κ2) is 6.97. The molecule has 0 spiro atoms. The van der Waals surface area contributed by atoms with E-state index in [0.29, 0.717) is 0 Å². The molecular weight excluding hydrogens is 308 g/mol. The van der Waals surface area contributed by atoms with Crippen molar-refractivity contribution >= 4 is 28.4 Å². The van der Waals surface area contributed by atoms with Crippen LogP contribution in [-0.4, -0.2) is 42.9 Å². The van der Waals surface area contributed by atoms with Gasteiger partial charge in [-0.15, -0.1) is 0 Å². The van der Waals surface area contributed by atoms with E-state index < -0.39 is 0 Å². The second-order valence-corrected chi connectivity index (χ2v) is 7.29. The summed E-state index contributed by atoms with van der Waals surface area (Å²) in [5.74, 6) is 0.819. The number of hydrogen-bond acceptors (Lipinski definition) is 5. The molecule has 1 aromatic carbocycles. The van der Waals surface area contributed by atoms with Gasteiger partial charge in [0.05, 0.1) is 7.11 Å². The topological polar surface area (TPSA) is 43.4 Å². The summed E-state index contributed by atoms with van der Waals surface area (Å²) in [6.45, 7) is 4.67. The number of thioether (sulfide) groups is 1. The first-order chi connectivity index (χ1) is 11.2. The highest BCUT2D eigenvalue weighted by molar-refractivity contribution is 8.00. The van der Waals surface area contributed by atoms with Gasteiger partial charge in [-0.25, -0.2) is 4.98 Å². The lowest BCUT2D eigenvalue weighted by Gasteiger charge is -2.36. The third-order valence-corrected chi connectivity index (χ3v) is 6.01. The number of aromatic nitrogens is 1. The van der Waals surface area contributed by atoms with Crippen molar-refractivity contribution in [3.05, 3.63) is 30.0 Å². The maximum atomic E-state index is 5.53. The standard InChI is InChI=1S/C18H24N2O2S/c1-13-11-15(14-5-4-6-16(21-2)17(14)20-13)19-12-18(23-3)7-9-22-10-8-18/h4-6,11H,7-10,12H2,1-3H3,(H,19,20). The van der Waals surface area contributed by atoms with Crippen molar-refractivity contribution in [3.8, 4) is 5.75 Å². The smallest absolute Gasteiger partial charge is 0.145 e. The normalized spacial score (nSPS) is 17.2. The van der Waals surface area contributed by atoms with E-state index in [1.54, 1.807) is 7.11 Å². The Bertz CT molecular complexity index is 684. The Labute approximate surface area is 142 Å². The number of nitrogens with zero attached hydrogens (tertiary/aromatic N) is 1. The van der Waals surface area contributed by atoms with Gasteiger partial charge in [0.25, 0.3) is 0 Å². The Hall–Kier alpha value is -1.46. The number of methoxy groups -OCH3 is 1. The molecule has 23 heavy (non-hydrogen) atoms. The number of fused-ring (bicyclic) bond motifs is 1. The van der Waals surface area contributed by atoms with Gasteiger partial charge in [0, 0.05) is 41.3 Å². The number of para-hydroxylation sites is 1. The van der Waals surface area contributed by atoms with Gasteiger partial charge in [0.1, 0.15) is 11.3 Å². The van der Waals surface area contributed by atoms with Gasteiger partial charge in [-0.1, -0.05) is 12.1 Å². The molecule has 0 bridgehead atoms. The number of benzene rings is 1. The Morgan fingerprint density at radius 3 is 2.83 bits per heavy atom. The van der Waals surface area contributed by atoms with Crippen molar-refractivity contribution in [2.24, 2.45) is 0 Å². The molecule has 0 atom stereocenters. The highest BCUT2D eigenvalue weighted by atomic mass is 32.2. The molecule has 0 radical (unpaired) electrons.